The minimum Gasteiger partial charge on any atom is -0.478 e. The fourth-order valence-electron chi connectivity index (χ4n) is 3.33. The zero-order valence-corrected chi connectivity index (χ0v) is 17.3. The largest absolute Gasteiger partial charge is 0.478 e. The Hall–Kier alpha value is -3.78. The lowest BCUT2D eigenvalue weighted by Crippen LogP contribution is -2.34. The van der Waals surface area contributed by atoms with Gasteiger partial charge in [0.1, 0.15) is 17.2 Å². The van der Waals surface area contributed by atoms with Crippen LogP contribution in [0.5, 0.6) is 0 Å². The molecule has 2 heterocycles. The summed E-state index contributed by atoms with van der Waals surface area (Å²) in [5, 5.41) is 13.7. The first kappa shape index (κ1) is 20.5. The van der Waals surface area contributed by atoms with Gasteiger partial charge in [-0.2, -0.15) is 0 Å². The van der Waals surface area contributed by atoms with Gasteiger partial charge in [0.25, 0.3) is 5.56 Å². The highest BCUT2D eigenvalue weighted by Crippen LogP contribution is 2.25. The van der Waals surface area contributed by atoms with E-state index in [2.05, 4.69) is 10.3 Å². The van der Waals surface area contributed by atoms with Crippen molar-refractivity contribution in [3.63, 3.8) is 0 Å². The number of carbonyl (C=O) groups is 2. The van der Waals surface area contributed by atoms with Crippen molar-refractivity contribution in [2.45, 2.75) is 13.0 Å². The molecule has 8 heteroatoms. The minimum atomic E-state index is -1.20. The van der Waals surface area contributed by atoms with Crippen LogP contribution in [0.15, 0.2) is 70.8 Å². The van der Waals surface area contributed by atoms with Gasteiger partial charge in [0.15, 0.2) is 0 Å². The second-order valence-corrected chi connectivity index (χ2v) is 7.77. The van der Waals surface area contributed by atoms with Crippen LogP contribution in [-0.2, 0) is 17.8 Å². The number of carboxylic acids is 1. The molecule has 0 saturated carbocycles. The van der Waals surface area contributed by atoms with E-state index in [-0.39, 0.29) is 23.4 Å². The van der Waals surface area contributed by atoms with E-state index in [0.717, 1.165) is 16.9 Å². The number of aromatic carboxylic acids is 1. The summed E-state index contributed by atoms with van der Waals surface area (Å²) in [5.74, 6) is -1.21. The summed E-state index contributed by atoms with van der Waals surface area (Å²) in [5.41, 5.74) is 1.12. The first-order valence-corrected chi connectivity index (χ1v) is 10.5. The molecule has 0 spiro atoms. The summed E-state index contributed by atoms with van der Waals surface area (Å²) in [4.78, 5) is 42.3. The molecule has 0 bridgehead atoms. The van der Waals surface area contributed by atoms with Crippen LogP contribution in [0.2, 0.25) is 0 Å². The Morgan fingerprint density at radius 2 is 1.71 bits per heavy atom. The molecule has 0 radical (unpaired) electrons. The van der Waals surface area contributed by atoms with Crippen LogP contribution in [0, 0.1) is 0 Å². The van der Waals surface area contributed by atoms with Gasteiger partial charge in [0.2, 0.25) is 5.91 Å². The average Bonchev–Trinajstić information content (AvgIpc) is 3.22. The molecule has 4 aromatic rings. The third kappa shape index (κ3) is 4.39. The lowest BCUT2D eigenvalue weighted by atomic mass is 10.1. The number of carboxylic acid groups (broad SMARTS) is 1. The number of fused-ring (bicyclic) bond motifs is 1. The van der Waals surface area contributed by atoms with E-state index in [1.807, 2.05) is 48.5 Å². The van der Waals surface area contributed by atoms with Crippen LogP contribution in [0.4, 0.5) is 0 Å². The smallest absolute Gasteiger partial charge is 0.337 e. The quantitative estimate of drug-likeness (QED) is 0.466. The molecule has 156 valence electrons. The van der Waals surface area contributed by atoms with Crippen LogP contribution in [-0.4, -0.2) is 33.1 Å². The van der Waals surface area contributed by atoms with Gasteiger partial charge in [0, 0.05) is 17.5 Å². The number of benzene rings is 2. The van der Waals surface area contributed by atoms with Crippen molar-refractivity contribution in [2.75, 3.05) is 6.54 Å². The number of amides is 1. The molecule has 0 fully saturated rings. The van der Waals surface area contributed by atoms with Crippen LogP contribution in [0.1, 0.15) is 15.9 Å². The molecule has 0 aliphatic carbocycles. The number of carbonyl (C=O) groups excluding carboxylic acids is 1. The highest BCUT2D eigenvalue weighted by molar-refractivity contribution is 7.17. The first-order valence-electron chi connectivity index (χ1n) is 9.66. The molecular weight excluding hydrogens is 414 g/mol. The molecule has 0 atom stereocenters. The minimum absolute atomic E-state index is 0.0225. The van der Waals surface area contributed by atoms with Crippen molar-refractivity contribution in [1.82, 2.24) is 14.9 Å². The number of hydrogen-bond donors (Lipinski definition) is 2. The molecule has 7 nitrogen and oxygen atoms in total. The molecule has 0 saturated heterocycles. The summed E-state index contributed by atoms with van der Waals surface area (Å²) in [7, 11) is 0. The van der Waals surface area contributed by atoms with Crippen molar-refractivity contribution in [3.05, 3.63) is 87.5 Å². The fraction of sp³-hybridized carbons (Fsp3) is 0.130. The fourth-order valence-corrected chi connectivity index (χ4v) is 4.23. The number of thiophene rings is 1. The van der Waals surface area contributed by atoms with E-state index in [1.165, 1.54) is 9.95 Å². The Morgan fingerprint density at radius 3 is 2.39 bits per heavy atom. The highest BCUT2D eigenvalue weighted by Gasteiger charge is 2.21. The van der Waals surface area contributed by atoms with Gasteiger partial charge in [-0.25, -0.2) is 9.78 Å². The van der Waals surface area contributed by atoms with Crippen molar-refractivity contribution in [3.8, 4) is 11.4 Å². The van der Waals surface area contributed by atoms with Gasteiger partial charge in [-0.1, -0.05) is 60.7 Å². The number of aromatic nitrogens is 2. The molecule has 2 aromatic carbocycles. The predicted octanol–water partition coefficient (Wildman–Crippen LogP) is 3.18. The maximum atomic E-state index is 13.2. The number of nitrogens with zero attached hydrogens (tertiary/aromatic N) is 2. The summed E-state index contributed by atoms with van der Waals surface area (Å²) in [6.07, 6.45) is 0.665. The van der Waals surface area contributed by atoms with Gasteiger partial charge in [0.05, 0.1) is 10.9 Å². The maximum Gasteiger partial charge on any atom is 0.337 e. The predicted molar refractivity (Wildman–Crippen MR) is 119 cm³/mol. The Balaban J connectivity index is 1.66. The molecule has 0 aliphatic heterocycles. The van der Waals surface area contributed by atoms with Crippen LogP contribution < -0.4 is 10.9 Å². The summed E-state index contributed by atoms with van der Waals surface area (Å²) < 4.78 is 1.24. The number of rotatable bonds is 7. The SMILES string of the molecule is O=C(Cn1c(-c2ccccc2)nc2scc(C(=O)O)c2c1=O)NCCc1ccccc1. The van der Waals surface area contributed by atoms with Gasteiger partial charge < -0.3 is 10.4 Å². The van der Waals surface area contributed by atoms with Crippen molar-refractivity contribution >= 4 is 33.4 Å². The number of hydrogen-bond acceptors (Lipinski definition) is 5. The van der Waals surface area contributed by atoms with Crippen LogP contribution in [0.25, 0.3) is 21.6 Å². The topological polar surface area (TPSA) is 101 Å². The Morgan fingerprint density at radius 1 is 1.03 bits per heavy atom. The molecule has 0 aliphatic rings. The second kappa shape index (κ2) is 8.93. The van der Waals surface area contributed by atoms with Crippen molar-refractivity contribution in [1.29, 1.82) is 0 Å². The maximum absolute atomic E-state index is 13.2. The van der Waals surface area contributed by atoms with Crippen LogP contribution in [0.3, 0.4) is 0 Å². The van der Waals surface area contributed by atoms with E-state index in [1.54, 1.807) is 12.1 Å². The molecule has 2 aromatic heterocycles. The lowest BCUT2D eigenvalue weighted by Gasteiger charge is -2.13. The molecule has 31 heavy (non-hydrogen) atoms. The molecule has 2 N–H and O–H groups in total. The first-order chi connectivity index (χ1) is 15.0. The zero-order valence-electron chi connectivity index (χ0n) is 16.4. The molecule has 4 rings (SSSR count). The van der Waals surface area contributed by atoms with Gasteiger partial charge in [-0.3, -0.25) is 14.2 Å². The summed E-state index contributed by atoms with van der Waals surface area (Å²) in [6.45, 7) is 0.169. The van der Waals surface area contributed by atoms with Crippen LogP contribution >= 0.6 is 11.3 Å². The van der Waals surface area contributed by atoms with E-state index in [0.29, 0.717) is 29.2 Å². The molecule has 1 amide bonds. The van der Waals surface area contributed by atoms with E-state index in [9.17, 15) is 19.5 Å². The monoisotopic (exact) mass is 433 g/mol. The Kier molecular flexibility index (Phi) is 5.90. The summed E-state index contributed by atoms with van der Waals surface area (Å²) >= 11 is 1.10. The van der Waals surface area contributed by atoms with E-state index < -0.39 is 11.5 Å². The van der Waals surface area contributed by atoms with Crippen molar-refractivity contribution < 1.29 is 14.7 Å². The number of nitrogens with one attached hydrogen (secondary N) is 1. The van der Waals surface area contributed by atoms with E-state index >= 15 is 0 Å². The Labute approximate surface area is 181 Å². The van der Waals surface area contributed by atoms with E-state index in [4.69, 9.17) is 0 Å². The standard InChI is InChI=1S/C23H19N3O4S/c27-18(24-12-11-15-7-3-1-4-8-15)13-26-20(16-9-5-2-6-10-16)25-21-19(22(26)28)17(14-31-21)23(29)30/h1-10,14H,11-13H2,(H,24,27)(H,29,30). The van der Waals surface area contributed by atoms with Gasteiger partial charge in [-0.05, 0) is 12.0 Å². The highest BCUT2D eigenvalue weighted by atomic mass is 32.1. The molecular formula is C23H19N3O4S. The molecule has 0 unspecified atom stereocenters. The third-order valence-electron chi connectivity index (χ3n) is 4.84. The van der Waals surface area contributed by atoms with Gasteiger partial charge >= 0.3 is 5.97 Å². The average molecular weight is 433 g/mol. The third-order valence-corrected chi connectivity index (χ3v) is 5.71. The summed E-state index contributed by atoms with van der Waals surface area (Å²) in [6, 6.07) is 18.8. The lowest BCUT2D eigenvalue weighted by molar-refractivity contribution is -0.121. The van der Waals surface area contributed by atoms with Crippen molar-refractivity contribution in [2.24, 2.45) is 0 Å². The zero-order chi connectivity index (χ0) is 21.8. The normalized spacial score (nSPS) is 10.8. The second-order valence-electron chi connectivity index (χ2n) is 6.91. The van der Waals surface area contributed by atoms with Gasteiger partial charge in [-0.15, -0.1) is 11.3 Å². The Bertz CT molecular complexity index is 1300.